The van der Waals surface area contributed by atoms with E-state index in [-0.39, 0.29) is 18.1 Å². The number of carbonyl (C=O) groups excluding carboxylic acids is 1. The van der Waals surface area contributed by atoms with Gasteiger partial charge in [0.1, 0.15) is 11.6 Å². The number of hydrogen-bond donors (Lipinski definition) is 0. The molecule has 0 N–H and O–H groups in total. The van der Waals surface area contributed by atoms with Gasteiger partial charge in [-0.2, -0.15) is 9.78 Å². The molecular formula is C28H29BrN4O4. The number of nitrogens with zero attached hydrogens (tertiary/aromatic N) is 4. The van der Waals surface area contributed by atoms with Crippen molar-refractivity contribution in [3.05, 3.63) is 86.1 Å². The maximum atomic E-state index is 13.3. The van der Waals surface area contributed by atoms with Gasteiger partial charge in [-0.15, -0.1) is 0 Å². The second kappa shape index (κ2) is 11.1. The Hall–Kier alpha value is -3.72. The van der Waals surface area contributed by atoms with Gasteiger partial charge in [0, 0.05) is 33.0 Å². The summed E-state index contributed by atoms with van der Waals surface area (Å²) in [4.78, 5) is 29.5. The average molecular weight is 565 g/mol. The fraction of sp³-hybridized carbons (Fsp3) is 0.286. The van der Waals surface area contributed by atoms with Crippen LogP contribution in [0.4, 0.5) is 0 Å². The molecule has 0 saturated carbocycles. The molecule has 2 aromatic heterocycles. The van der Waals surface area contributed by atoms with E-state index in [0.717, 1.165) is 27.1 Å². The van der Waals surface area contributed by atoms with Crippen LogP contribution < -0.4 is 10.3 Å². The van der Waals surface area contributed by atoms with Crippen LogP contribution >= 0.6 is 15.9 Å². The predicted molar refractivity (Wildman–Crippen MR) is 148 cm³/mol. The van der Waals surface area contributed by atoms with Crippen molar-refractivity contribution in [2.45, 2.75) is 40.5 Å². The highest BCUT2D eigenvalue weighted by atomic mass is 79.9. The van der Waals surface area contributed by atoms with E-state index in [9.17, 15) is 9.59 Å². The molecule has 37 heavy (non-hydrogen) atoms. The molecule has 0 fully saturated rings. The van der Waals surface area contributed by atoms with Crippen LogP contribution in [0.2, 0.25) is 0 Å². The molecule has 0 aliphatic heterocycles. The summed E-state index contributed by atoms with van der Waals surface area (Å²) < 4.78 is 14.7. The summed E-state index contributed by atoms with van der Waals surface area (Å²) in [7, 11) is 0. The Morgan fingerprint density at radius 2 is 1.86 bits per heavy atom. The van der Waals surface area contributed by atoms with Crippen molar-refractivity contribution in [3.8, 4) is 11.4 Å². The van der Waals surface area contributed by atoms with Gasteiger partial charge in [0.05, 0.1) is 23.7 Å². The van der Waals surface area contributed by atoms with Crippen LogP contribution in [0, 0.1) is 13.8 Å². The van der Waals surface area contributed by atoms with Crippen LogP contribution in [-0.4, -0.2) is 39.6 Å². The highest BCUT2D eigenvalue weighted by Gasteiger charge is 2.15. The monoisotopic (exact) mass is 564 g/mol. The summed E-state index contributed by atoms with van der Waals surface area (Å²) in [5.41, 5.74) is 4.24. The standard InChI is InChI=1S/C28H29BrN4O4/c1-6-36-26(34)16-37-23-10-8-22(9-11-23)32-18(4)13-20(19(32)5)15-30-33-27(17(2)3)31-25-12-7-21(29)14-24(25)28(33)35/h7-15,17H,6,16H2,1-5H3. The molecule has 0 aliphatic carbocycles. The lowest BCUT2D eigenvalue weighted by Crippen LogP contribution is -2.23. The molecule has 0 radical (unpaired) electrons. The van der Waals surface area contributed by atoms with Gasteiger partial charge in [0.25, 0.3) is 5.56 Å². The van der Waals surface area contributed by atoms with Gasteiger partial charge >= 0.3 is 5.97 Å². The highest BCUT2D eigenvalue weighted by molar-refractivity contribution is 9.10. The first-order chi connectivity index (χ1) is 17.7. The van der Waals surface area contributed by atoms with Gasteiger partial charge in [-0.3, -0.25) is 4.79 Å². The Labute approximate surface area is 223 Å². The van der Waals surface area contributed by atoms with Crippen molar-refractivity contribution < 1.29 is 14.3 Å². The van der Waals surface area contributed by atoms with Crippen LogP contribution in [0.15, 0.2) is 62.9 Å². The molecule has 4 rings (SSSR count). The number of esters is 1. The SMILES string of the molecule is CCOC(=O)COc1ccc(-n2c(C)cc(C=Nn3c(C(C)C)nc4ccc(Br)cc4c3=O)c2C)cc1. The number of carbonyl (C=O) groups is 1. The Kier molecular flexibility index (Phi) is 7.92. The Balaban J connectivity index is 1.65. The first-order valence-corrected chi connectivity index (χ1v) is 12.8. The number of fused-ring (bicyclic) bond motifs is 1. The summed E-state index contributed by atoms with van der Waals surface area (Å²) >= 11 is 3.44. The van der Waals surface area contributed by atoms with Crippen LogP contribution in [0.25, 0.3) is 16.6 Å². The molecule has 0 saturated heterocycles. The summed E-state index contributed by atoms with van der Waals surface area (Å²) in [5.74, 6) is 0.789. The normalized spacial score (nSPS) is 11.5. The van der Waals surface area contributed by atoms with Crippen molar-refractivity contribution in [2.24, 2.45) is 5.10 Å². The fourth-order valence-corrected chi connectivity index (χ4v) is 4.48. The van der Waals surface area contributed by atoms with Crippen LogP contribution in [0.5, 0.6) is 5.75 Å². The van der Waals surface area contributed by atoms with Gasteiger partial charge in [0.15, 0.2) is 6.61 Å². The second-order valence-corrected chi connectivity index (χ2v) is 9.81. The first-order valence-electron chi connectivity index (χ1n) is 12.0. The minimum absolute atomic E-state index is 0.00916. The van der Waals surface area contributed by atoms with Crippen molar-refractivity contribution in [1.82, 2.24) is 14.2 Å². The van der Waals surface area contributed by atoms with Gasteiger partial charge < -0.3 is 14.0 Å². The number of benzene rings is 2. The third-order valence-corrected chi connectivity index (χ3v) is 6.38. The highest BCUT2D eigenvalue weighted by Crippen LogP contribution is 2.23. The van der Waals surface area contributed by atoms with Gasteiger partial charge in [-0.05, 0) is 69.3 Å². The van der Waals surface area contributed by atoms with Crippen molar-refractivity contribution >= 4 is 39.0 Å². The van der Waals surface area contributed by atoms with E-state index >= 15 is 0 Å². The van der Waals surface area contributed by atoms with Gasteiger partial charge in [0.2, 0.25) is 0 Å². The molecule has 192 valence electrons. The lowest BCUT2D eigenvalue weighted by Gasteiger charge is -2.12. The van der Waals surface area contributed by atoms with E-state index < -0.39 is 5.97 Å². The maximum absolute atomic E-state index is 13.3. The number of ether oxygens (including phenoxy) is 2. The molecule has 9 heteroatoms. The Bertz CT molecular complexity index is 1530. The molecular weight excluding hydrogens is 536 g/mol. The van der Waals surface area contributed by atoms with Gasteiger partial charge in [-0.25, -0.2) is 9.78 Å². The molecule has 0 spiro atoms. The van der Waals surface area contributed by atoms with E-state index in [0.29, 0.717) is 29.1 Å². The number of halogens is 1. The third-order valence-electron chi connectivity index (χ3n) is 5.89. The Morgan fingerprint density at radius 1 is 1.14 bits per heavy atom. The quantitative estimate of drug-likeness (QED) is 0.208. The molecule has 4 aromatic rings. The summed E-state index contributed by atoms with van der Waals surface area (Å²) in [5, 5.41) is 5.09. The van der Waals surface area contributed by atoms with E-state index in [1.54, 1.807) is 19.2 Å². The lowest BCUT2D eigenvalue weighted by atomic mass is 10.2. The van der Waals surface area contributed by atoms with E-state index in [2.05, 4.69) is 25.6 Å². The first kappa shape index (κ1) is 26.3. The van der Waals surface area contributed by atoms with E-state index in [1.807, 2.05) is 70.2 Å². The number of aryl methyl sites for hydroxylation is 1. The maximum Gasteiger partial charge on any atom is 0.344 e. The Morgan fingerprint density at radius 3 is 2.54 bits per heavy atom. The summed E-state index contributed by atoms with van der Waals surface area (Å²) in [6.45, 7) is 9.94. The molecule has 2 aromatic carbocycles. The molecule has 0 unspecified atom stereocenters. The van der Waals surface area contributed by atoms with E-state index in [4.69, 9.17) is 14.5 Å². The molecule has 2 heterocycles. The van der Waals surface area contributed by atoms with E-state index in [1.165, 1.54) is 4.68 Å². The largest absolute Gasteiger partial charge is 0.482 e. The summed E-state index contributed by atoms with van der Waals surface area (Å²) in [6, 6.07) is 15.0. The zero-order valence-electron chi connectivity index (χ0n) is 21.5. The zero-order valence-corrected chi connectivity index (χ0v) is 23.1. The van der Waals surface area contributed by atoms with Crippen molar-refractivity contribution in [2.75, 3.05) is 13.2 Å². The number of hydrogen-bond acceptors (Lipinski definition) is 6. The number of rotatable bonds is 8. The zero-order chi connectivity index (χ0) is 26.7. The lowest BCUT2D eigenvalue weighted by molar-refractivity contribution is -0.145. The van der Waals surface area contributed by atoms with Crippen molar-refractivity contribution in [1.29, 1.82) is 0 Å². The molecule has 0 aliphatic rings. The molecule has 0 atom stereocenters. The third kappa shape index (κ3) is 5.67. The molecule has 0 amide bonds. The fourth-order valence-electron chi connectivity index (χ4n) is 4.12. The van der Waals surface area contributed by atoms with Crippen LogP contribution in [-0.2, 0) is 9.53 Å². The summed E-state index contributed by atoms with van der Waals surface area (Å²) in [6.07, 6.45) is 1.70. The second-order valence-electron chi connectivity index (χ2n) is 8.90. The smallest absolute Gasteiger partial charge is 0.344 e. The molecule has 0 bridgehead atoms. The molecule has 8 nitrogen and oxygen atoms in total. The average Bonchev–Trinajstić information content (AvgIpc) is 3.15. The van der Waals surface area contributed by atoms with Gasteiger partial charge in [-0.1, -0.05) is 29.8 Å². The minimum Gasteiger partial charge on any atom is -0.482 e. The predicted octanol–water partition coefficient (Wildman–Crippen LogP) is 5.51. The van der Waals surface area contributed by atoms with Crippen molar-refractivity contribution in [3.63, 3.8) is 0 Å². The van der Waals surface area contributed by atoms with Crippen LogP contribution in [0.1, 0.15) is 49.5 Å². The number of aromatic nitrogens is 3. The minimum atomic E-state index is -0.401. The van der Waals surface area contributed by atoms with Crippen LogP contribution in [0.3, 0.4) is 0 Å². The topological polar surface area (TPSA) is 87.7 Å².